The van der Waals surface area contributed by atoms with Crippen LogP contribution in [0.3, 0.4) is 0 Å². The molecule has 40 heavy (non-hydrogen) atoms. The Balaban J connectivity index is 1.23. The Kier molecular flexibility index (Phi) is 6.95. The van der Waals surface area contributed by atoms with Gasteiger partial charge in [0.1, 0.15) is 5.82 Å². The molecule has 0 amide bonds. The van der Waals surface area contributed by atoms with Crippen LogP contribution < -0.4 is 0 Å². The molecule has 1 aliphatic rings. The lowest BCUT2D eigenvalue weighted by Gasteiger charge is -2.31. The van der Waals surface area contributed by atoms with E-state index in [1.807, 2.05) is 36.5 Å². The number of nitrogens with zero attached hydrogens (tertiary/aromatic N) is 6. The second-order valence-corrected chi connectivity index (χ2v) is 12.5. The Morgan fingerprint density at radius 1 is 1.07 bits per heavy atom. The Morgan fingerprint density at radius 2 is 1.88 bits per heavy atom. The van der Waals surface area contributed by atoms with Gasteiger partial charge in [-0.2, -0.15) is 5.10 Å². The van der Waals surface area contributed by atoms with Crippen molar-refractivity contribution in [2.45, 2.75) is 30.2 Å². The lowest BCUT2D eigenvalue weighted by Crippen LogP contribution is -2.34. The third-order valence-electron chi connectivity index (χ3n) is 7.50. The quantitative estimate of drug-likeness (QED) is 0.313. The van der Waals surface area contributed by atoms with Crippen molar-refractivity contribution in [3.8, 4) is 16.9 Å². The topological polar surface area (TPSA) is 100 Å². The molecule has 0 aliphatic carbocycles. The number of piperidine rings is 1. The van der Waals surface area contributed by atoms with Crippen molar-refractivity contribution >= 4 is 20.9 Å². The highest BCUT2D eigenvalue weighted by atomic mass is 32.2. The summed E-state index contributed by atoms with van der Waals surface area (Å²) in [4.78, 5) is 2.51. The van der Waals surface area contributed by atoms with Crippen molar-refractivity contribution in [2.24, 2.45) is 0 Å². The molecule has 0 saturated carbocycles. The summed E-state index contributed by atoms with van der Waals surface area (Å²) in [6, 6.07) is 19.6. The number of hydrogen-bond donors (Lipinski definition) is 1. The van der Waals surface area contributed by atoms with E-state index < -0.39 is 10.0 Å². The van der Waals surface area contributed by atoms with Crippen LogP contribution in [0.4, 0.5) is 4.39 Å². The van der Waals surface area contributed by atoms with Crippen molar-refractivity contribution in [3.63, 3.8) is 0 Å². The summed E-state index contributed by atoms with van der Waals surface area (Å²) in [6.07, 6.45) is 4.00. The molecular formula is C29H30FN7O2S. The first-order valence-corrected chi connectivity index (χ1v) is 14.6. The number of rotatable bonds is 7. The number of likely N-dealkylation sites (tertiary alicyclic amines) is 1. The number of benzene rings is 3. The van der Waals surface area contributed by atoms with Crippen molar-refractivity contribution in [2.75, 3.05) is 27.2 Å². The summed E-state index contributed by atoms with van der Waals surface area (Å²) < 4.78 is 42.0. The molecule has 2 aromatic heterocycles. The van der Waals surface area contributed by atoms with Crippen LogP contribution in [0, 0.1) is 5.82 Å². The Labute approximate surface area is 232 Å². The molecule has 3 heterocycles. The highest BCUT2D eigenvalue weighted by Gasteiger charge is 2.25. The van der Waals surface area contributed by atoms with E-state index in [1.165, 1.54) is 24.5 Å². The van der Waals surface area contributed by atoms with Gasteiger partial charge in [-0.1, -0.05) is 35.5 Å². The zero-order chi connectivity index (χ0) is 27.9. The minimum atomic E-state index is -3.51. The molecular weight excluding hydrogens is 529 g/mol. The molecule has 0 radical (unpaired) electrons. The Hall–Kier alpha value is -3.93. The predicted molar refractivity (Wildman–Crippen MR) is 151 cm³/mol. The van der Waals surface area contributed by atoms with Gasteiger partial charge >= 0.3 is 0 Å². The van der Waals surface area contributed by atoms with Crippen LogP contribution in [0.1, 0.15) is 30.0 Å². The van der Waals surface area contributed by atoms with E-state index >= 15 is 0 Å². The van der Waals surface area contributed by atoms with Gasteiger partial charge in [0.2, 0.25) is 10.0 Å². The molecule has 206 valence electrons. The number of hydrogen-bond acceptors (Lipinski definition) is 6. The van der Waals surface area contributed by atoms with Crippen LogP contribution in [0.5, 0.6) is 0 Å². The molecule has 11 heteroatoms. The summed E-state index contributed by atoms with van der Waals surface area (Å²) in [5.41, 5.74) is 4.87. The monoisotopic (exact) mass is 559 g/mol. The van der Waals surface area contributed by atoms with Crippen molar-refractivity contribution in [3.05, 3.63) is 90.0 Å². The van der Waals surface area contributed by atoms with Crippen LogP contribution >= 0.6 is 0 Å². The summed E-state index contributed by atoms with van der Waals surface area (Å²) in [5.74, 6) is 0.0542. The number of sulfonamides is 1. The number of aromatic amines is 1. The lowest BCUT2D eigenvalue weighted by atomic mass is 9.95. The second kappa shape index (κ2) is 10.6. The fourth-order valence-corrected chi connectivity index (χ4v) is 6.16. The fourth-order valence-electron chi connectivity index (χ4n) is 5.26. The molecule has 3 aromatic carbocycles. The molecule has 9 nitrogen and oxygen atoms in total. The van der Waals surface area contributed by atoms with E-state index in [9.17, 15) is 12.8 Å². The molecule has 6 rings (SSSR count). The molecule has 1 N–H and O–H groups in total. The largest absolute Gasteiger partial charge is 0.298 e. The zero-order valence-corrected chi connectivity index (χ0v) is 23.1. The molecule has 5 aromatic rings. The summed E-state index contributed by atoms with van der Waals surface area (Å²) in [6.45, 7) is 2.32. The van der Waals surface area contributed by atoms with E-state index in [1.54, 1.807) is 35.0 Å². The van der Waals surface area contributed by atoms with Crippen LogP contribution in [-0.4, -0.2) is 70.0 Å². The van der Waals surface area contributed by atoms with Crippen molar-refractivity contribution in [1.82, 2.24) is 34.4 Å². The van der Waals surface area contributed by atoms with Crippen LogP contribution in [0.2, 0.25) is 0 Å². The van der Waals surface area contributed by atoms with Gasteiger partial charge in [-0.25, -0.2) is 21.8 Å². The maximum atomic E-state index is 14.2. The third kappa shape index (κ3) is 5.03. The Bertz CT molecular complexity index is 1760. The standard InChI is InChI=1S/C29H30FN7O2S/c1-35(2)40(38,39)24-12-9-20(10-13-24)29-25-16-23(11-14-27(25)31-33-29)37-19-28(32-34-37)22-7-5-15-36(18-22)17-21-6-3-4-8-26(21)30/h3-4,6,8-14,16,19,22H,5,7,15,17-18H2,1-2H3,(H,31,33)/t22-/m1/s1. The maximum Gasteiger partial charge on any atom is 0.242 e. The maximum absolute atomic E-state index is 14.2. The van der Waals surface area contributed by atoms with Gasteiger partial charge in [0.25, 0.3) is 0 Å². The molecule has 0 spiro atoms. The van der Waals surface area contributed by atoms with Gasteiger partial charge in [0, 0.05) is 49.6 Å². The number of H-pyrrole nitrogens is 1. The first kappa shape index (κ1) is 26.3. The summed E-state index contributed by atoms with van der Waals surface area (Å²) in [5, 5.41) is 17.4. The highest BCUT2D eigenvalue weighted by molar-refractivity contribution is 7.89. The van der Waals surface area contributed by atoms with Crippen molar-refractivity contribution in [1.29, 1.82) is 0 Å². The summed E-state index contributed by atoms with van der Waals surface area (Å²) in [7, 11) is -0.486. The third-order valence-corrected chi connectivity index (χ3v) is 9.33. The average Bonchev–Trinajstić information content (AvgIpc) is 3.62. The highest BCUT2D eigenvalue weighted by Crippen LogP contribution is 2.30. The molecule has 1 aliphatic heterocycles. The zero-order valence-electron chi connectivity index (χ0n) is 22.3. The van der Waals surface area contributed by atoms with Crippen LogP contribution in [-0.2, 0) is 16.6 Å². The SMILES string of the molecule is CN(C)S(=O)(=O)c1ccc(-c2n[nH]c3ccc(-n4cc([C@@H]5CCCN(Cc6ccccc6F)C5)nn4)cc23)cc1. The fraction of sp³-hybridized carbons (Fsp3) is 0.276. The molecule has 1 fully saturated rings. The number of aromatic nitrogens is 5. The Morgan fingerprint density at radius 3 is 2.65 bits per heavy atom. The minimum Gasteiger partial charge on any atom is -0.298 e. The second-order valence-electron chi connectivity index (χ2n) is 10.4. The average molecular weight is 560 g/mol. The number of halogens is 1. The molecule has 1 atom stereocenters. The van der Waals surface area contributed by atoms with Gasteiger partial charge in [-0.3, -0.25) is 10.00 Å². The van der Waals surface area contributed by atoms with E-state index in [-0.39, 0.29) is 16.6 Å². The van der Waals surface area contributed by atoms with Crippen LogP contribution in [0.25, 0.3) is 27.8 Å². The predicted octanol–water partition coefficient (Wildman–Crippen LogP) is 4.58. The number of nitrogens with one attached hydrogen (secondary N) is 1. The smallest absolute Gasteiger partial charge is 0.242 e. The van der Waals surface area contributed by atoms with Crippen LogP contribution in [0.15, 0.2) is 77.8 Å². The van der Waals surface area contributed by atoms with Gasteiger partial charge in [-0.05, 0) is 55.8 Å². The normalized spacial score (nSPS) is 16.6. The lowest BCUT2D eigenvalue weighted by molar-refractivity contribution is 0.196. The van der Waals surface area contributed by atoms with Gasteiger partial charge in [0.05, 0.1) is 33.7 Å². The van der Waals surface area contributed by atoms with Gasteiger partial charge in [-0.15, -0.1) is 5.10 Å². The molecule has 0 unspecified atom stereocenters. The first-order valence-electron chi connectivity index (χ1n) is 13.2. The number of fused-ring (bicyclic) bond motifs is 1. The first-order chi connectivity index (χ1) is 19.3. The van der Waals surface area contributed by atoms with Gasteiger partial charge in [0.15, 0.2) is 0 Å². The van der Waals surface area contributed by atoms with E-state index in [2.05, 4.69) is 25.4 Å². The minimum absolute atomic E-state index is 0.167. The molecule has 1 saturated heterocycles. The summed E-state index contributed by atoms with van der Waals surface area (Å²) >= 11 is 0. The van der Waals surface area contributed by atoms with E-state index in [4.69, 9.17) is 0 Å². The van der Waals surface area contributed by atoms with E-state index in [0.29, 0.717) is 12.1 Å². The van der Waals surface area contributed by atoms with E-state index in [0.717, 1.165) is 59.5 Å². The van der Waals surface area contributed by atoms with Gasteiger partial charge < -0.3 is 0 Å². The molecule has 0 bridgehead atoms. The van der Waals surface area contributed by atoms with Crippen molar-refractivity contribution < 1.29 is 12.8 Å².